The molecular weight excluding hydrogens is 492 g/mol. The minimum Gasteiger partial charge on any atom is -0.360 e. The van der Waals surface area contributed by atoms with E-state index in [-0.39, 0.29) is 11.1 Å². The molecule has 0 aromatic heterocycles. The van der Waals surface area contributed by atoms with Crippen molar-refractivity contribution in [2.45, 2.75) is 132 Å². The van der Waals surface area contributed by atoms with Crippen molar-refractivity contribution in [2.24, 2.45) is 0 Å². The molecular formula is C34H56N4Si. The Hall–Kier alpha value is -2.40. The normalized spacial score (nSPS) is 15.8. The molecule has 216 valence electrons. The predicted molar refractivity (Wildman–Crippen MR) is 175 cm³/mol. The first-order chi connectivity index (χ1) is 17.9. The second-order valence-corrected chi connectivity index (χ2v) is 17.4. The Labute approximate surface area is 241 Å². The SMILES string of the molecule is CC(C)c1cccc(C(C)C)c1N[Si]1(Nc2c(C(C)C)cccc2C(C)C)N(C(C)(C)C)C=CN1C(C)(C)C. The van der Waals surface area contributed by atoms with Crippen LogP contribution in [0.5, 0.6) is 0 Å². The molecule has 1 aliphatic rings. The van der Waals surface area contributed by atoms with Crippen molar-refractivity contribution in [1.29, 1.82) is 0 Å². The van der Waals surface area contributed by atoms with Gasteiger partial charge in [0.1, 0.15) is 0 Å². The number of para-hydroxylation sites is 2. The van der Waals surface area contributed by atoms with Gasteiger partial charge in [-0.1, -0.05) is 91.8 Å². The first-order valence-corrected chi connectivity index (χ1v) is 16.9. The number of benzene rings is 2. The fraction of sp³-hybridized carbons (Fsp3) is 0.588. The topological polar surface area (TPSA) is 30.5 Å². The third-order valence-electron chi connectivity index (χ3n) is 7.85. The van der Waals surface area contributed by atoms with Crippen molar-refractivity contribution in [2.75, 3.05) is 9.96 Å². The summed E-state index contributed by atoms with van der Waals surface area (Å²) in [5.74, 6) is 1.64. The van der Waals surface area contributed by atoms with E-state index in [0.717, 1.165) is 0 Å². The Morgan fingerprint density at radius 1 is 0.513 bits per heavy atom. The smallest absolute Gasteiger partial charge is 0.360 e. The molecule has 0 aliphatic carbocycles. The van der Waals surface area contributed by atoms with Crippen LogP contribution >= 0.6 is 0 Å². The fourth-order valence-electron chi connectivity index (χ4n) is 5.89. The zero-order chi connectivity index (χ0) is 29.5. The standard InChI is InChI=1S/C34H56N4Si/c1-23(2)27-17-15-18-28(24(3)4)31(27)35-39(37(33(9,10)11)21-22-38(39)34(12,13)14)36-32-29(25(5)6)19-16-20-30(32)26(7)8/h15-26,35-36H,1-14H3. The minimum absolute atomic E-state index is 0.0989. The molecule has 0 saturated heterocycles. The van der Waals surface area contributed by atoms with Crippen molar-refractivity contribution in [3.63, 3.8) is 0 Å². The van der Waals surface area contributed by atoms with Crippen LogP contribution in [0.15, 0.2) is 48.8 Å². The van der Waals surface area contributed by atoms with Gasteiger partial charge >= 0.3 is 8.72 Å². The summed E-state index contributed by atoms with van der Waals surface area (Å²) >= 11 is 0. The Bertz CT molecular complexity index is 1020. The summed E-state index contributed by atoms with van der Waals surface area (Å²) in [6.45, 7) is 32.5. The van der Waals surface area contributed by atoms with Crippen molar-refractivity contribution in [3.05, 3.63) is 71.1 Å². The summed E-state index contributed by atoms with van der Waals surface area (Å²) in [5, 5.41) is 0. The summed E-state index contributed by atoms with van der Waals surface area (Å²) in [4.78, 5) is 8.73. The number of rotatable bonds is 8. The van der Waals surface area contributed by atoms with Gasteiger partial charge in [-0.3, -0.25) is 0 Å². The van der Waals surface area contributed by atoms with Crippen LogP contribution < -0.4 is 9.96 Å². The molecule has 4 nitrogen and oxygen atoms in total. The maximum absolute atomic E-state index is 4.37. The largest absolute Gasteiger partial charge is 0.498 e. The summed E-state index contributed by atoms with van der Waals surface area (Å²) in [6.07, 6.45) is 4.66. The van der Waals surface area contributed by atoms with Crippen LogP contribution in [0.2, 0.25) is 0 Å². The number of hydrogen-bond donors (Lipinski definition) is 2. The third-order valence-corrected chi connectivity index (χ3v) is 12.1. The number of hydrogen-bond acceptors (Lipinski definition) is 4. The highest BCUT2D eigenvalue weighted by atomic mass is 28.4. The summed E-state index contributed by atoms with van der Waals surface area (Å²) in [6, 6.07) is 13.7. The number of anilines is 2. The van der Waals surface area contributed by atoms with Crippen LogP contribution in [-0.4, -0.2) is 28.9 Å². The lowest BCUT2D eigenvalue weighted by molar-refractivity contribution is 0.269. The summed E-state index contributed by atoms with van der Waals surface area (Å²) in [7, 11) is -2.90. The van der Waals surface area contributed by atoms with Gasteiger partial charge in [0.2, 0.25) is 0 Å². The van der Waals surface area contributed by atoms with E-state index in [4.69, 9.17) is 0 Å². The Morgan fingerprint density at radius 2 is 0.769 bits per heavy atom. The highest BCUT2D eigenvalue weighted by Gasteiger charge is 2.58. The van der Waals surface area contributed by atoms with Crippen molar-refractivity contribution >= 4 is 20.1 Å². The van der Waals surface area contributed by atoms with E-state index in [9.17, 15) is 0 Å². The summed E-state index contributed by atoms with van der Waals surface area (Å²) < 4.78 is 5.24. The highest BCUT2D eigenvalue weighted by Crippen LogP contribution is 2.43. The second-order valence-electron chi connectivity index (χ2n) is 14.5. The molecule has 0 radical (unpaired) electrons. The van der Waals surface area contributed by atoms with Crippen LogP contribution in [0, 0.1) is 0 Å². The fourth-order valence-corrected chi connectivity index (χ4v) is 10.5. The van der Waals surface area contributed by atoms with Crippen LogP contribution in [0.3, 0.4) is 0 Å². The molecule has 0 spiro atoms. The monoisotopic (exact) mass is 548 g/mol. The Kier molecular flexibility index (Phi) is 8.96. The molecule has 0 fully saturated rings. The van der Waals surface area contributed by atoms with Gasteiger partial charge in [-0.05, 0) is 87.5 Å². The molecule has 0 atom stereocenters. The highest BCUT2D eigenvalue weighted by molar-refractivity contribution is 6.82. The zero-order valence-corrected chi connectivity index (χ0v) is 28.3. The van der Waals surface area contributed by atoms with Gasteiger partial charge in [-0.15, -0.1) is 0 Å². The van der Waals surface area contributed by atoms with Crippen LogP contribution in [0.4, 0.5) is 11.4 Å². The lowest BCUT2D eigenvalue weighted by Crippen LogP contribution is -2.77. The molecule has 3 rings (SSSR count). The van der Waals surface area contributed by atoms with Crippen LogP contribution in [0.25, 0.3) is 0 Å². The van der Waals surface area contributed by atoms with Crippen LogP contribution in [0.1, 0.15) is 143 Å². The van der Waals surface area contributed by atoms with E-state index in [2.05, 4.69) is 165 Å². The molecule has 39 heavy (non-hydrogen) atoms. The van der Waals surface area contributed by atoms with Crippen molar-refractivity contribution in [1.82, 2.24) is 9.13 Å². The molecule has 1 aliphatic heterocycles. The van der Waals surface area contributed by atoms with Gasteiger partial charge in [0.05, 0.1) is 0 Å². The van der Waals surface area contributed by atoms with Gasteiger partial charge in [0.25, 0.3) is 0 Å². The predicted octanol–water partition coefficient (Wildman–Crippen LogP) is 9.83. The number of nitrogens with zero attached hydrogens (tertiary/aromatic N) is 2. The quantitative estimate of drug-likeness (QED) is 0.321. The molecule has 2 N–H and O–H groups in total. The van der Waals surface area contributed by atoms with Gasteiger partial charge in [0.15, 0.2) is 0 Å². The van der Waals surface area contributed by atoms with E-state index in [0.29, 0.717) is 23.7 Å². The first-order valence-electron chi connectivity index (χ1n) is 15.0. The van der Waals surface area contributed by atoms with Crippen LogP contribution in [-0.2, 0) is 0 Å². The molecule has 1 heterocycles. The molecule has 0 bridgehead atoms. The molecule has 0 amide bonds. The average molecular weight is 549 g/mol. The van der Waals surface area contributed by atoms with E-state index in [1.54, 1.807) is 0 Å². The Morgan fingerprint density at radius 3 is 0.974 bits per heavy atom. The third kappa shape index (κ3) is 6.19. The van der Waals surface area contributed by atoms with E-state index in [1.807, 2.05) is 0 Å². The number of nitrogens with one attached hydrogen (secondary N) is 2. The van der Waals surface area contributed by atoms with Crippen molar-refractivity contribution < 1.29 is 0 Å². The van der Waals surface area contributed by atoms with Gasteiger partial charge in [0, 0.05) is 34.9 Å². The second kappa shape index (κ2) is 11.2. The molecule has 0 saturated carbocycles. The molecule has 2 aromatic carbocycles. The van der Waals surface area contributed by atoms with Gasteiger partial charge < -0.3 is 19.1 Å². The summed E-state index contributed by atoms with van der Waals surface area (Å²) in [5.41, 5.74) is 7.91. The van der Waals surface area contributed by atoms with Gasteiger partial charge in [-0.2, -0.15) is 0 Å². The molecule has 5 heteroatoms. The van der Waals surface area contributed by atoms with E-state index < -0.39 is 8.72 Å². The first kappa shape index (κ1) is 31.1. The lowest BCUT2D eigenvalue weighted by Gasteiger charge is -2.53. The zero-order valence-electron chi connectivity index (χ0n) is 27.3. The van der Waals surface area contributed by atoms with E-state index in [1.165, 1.54) is 33.6 Å². The Balaban J connectivity index is 2.43. The maximum Gasteiger partial charge on any atom is 0.498 e. The molecule has 2 aromatic rings. The average Bonchev–Trinajstić information content (AvgIpc) is 3.18. The van der Waals surface area contributed by atoms with Crippen molar-refractivity contribution in [3.8, 4) is 0 Å². The minimum atomic E-state index is -2.90. The molecule has 0 unspecified atom stereocenters. The maximum atomic E-state index is 4.37. The van der Waals surface area contributed by atoms with E-state index >= 15 is 0 Å². The van der Waals surface area contributed by atoms with Gasteiger partial charge in [-0.25, -0.2) is 0 Å². The lowest BCUT2D eigenvalue weighted by atomic mass is 9.93.